The minimum Gasteiger partial charge on any atom is -0.342 e. The molecule has 0 aliphatic carbocycles. The molecule has 1 aromatic heterocycles. The largest absolute Gasteiger partial charge is 0.342 e. The van der Waals surface area contributed by atoms with Crippen molar-refractivity contribution in [3.63, 3.8) is 0 Å². The maximum Gasteiger partial charge on any atom is 0.104 e. The SMILES string of the molecule is Cc1nc2ccc(C(N)CC(C)C)cc2[nH]1. The van der Waals surface area contributed by atoms with Crippen molar-refractivity contribution in [2.75, 3.05) is 0 Å². The number of hydrogen-bond acceptors (Lipinski definition) is 2. The molecule has 2 aromatic rings. The van der Waals surface area contributed by atoms with E-state index >= 15 is 0 Å². The van der Waals surface area contributed by atoms with Crippen LogP contribution in [0.4, 0.5) is 0 Å². The van der Waals surface area contributed by atoms with Crippen molar-refractivity contribution in [2.45, 2.75) is 33.2 Å². The molecule has 2 rings (SSSR count). The molecule has 3 nitrogen and oxygen atoms in total. The summed E-state index contributed by atoms with van der Waals surface area (Å²) in [6, 6.07) is 6.35. The molecular formula is C13H19N3. The van der Waals surface area contributed by atoms with Crippen LogP contribution in [0.2, 0.25) is 0 Å². The first-order valence-electron chi connectivity index (χ1n) is 5.78. The number of nitrogens with two attached hydrogens (primary N) is 1. The van der Waals surface area contributed by atoms with Gasteiger partial charge in [-0.2, -0.15) is 0 Å². The van der Waals surface area contributed by atoms with Crippen LogP contribution in [0, 0.1) is 12.8 Å². The van der Waals surface area contributed by atoms with Crippen molar-refractivity contribution < 1.29 is 0 Å². The lowest BCUT2D eigenvalue weighted by Gasteiger charge is -2.14. The molecular weight excluding hydrogens is 198 g/mol. The molecule has 3 heteroatoms. The van der Waals surface area contributed by atoms with Crippen LogP contribution in [-0.2, 0) is 0 Å². The highest BCUT2D eigenvalue weighted by atomic mass is 14.9. The Hall–Kier alpha value is -1.35. The highest BCUT2D eigenvalue weighted by Crippen LogP contribution is 2.22. The molecule has 1 heterocycles. The molecule has 0 spiro atoms. The van der Waals surface area contributed by atoms with Gasteiger partial charge in [0.2, 0.25) is 0 Å². The standard InChI is InChI=1S/C13H19N3/c1-8(2)6-11(14)10-4-5-12-13(7-10)16-9(3)15-12/h4-5,7-8,11H,6,14H2,1-3H3,(H,15,16). The summed E-state index contributed by atoms with van der Waals surface area (Å²) in [5.41, 5.74) is 9.43. The number of aromatic amines is 1. The quantitative estimate of drug-likeness (QED) is 0.830. The van der Waals surface area contributed by atoms with Gasteiger partial charge < -0.3 is 10.7 Å². The lowest BCUT2D eigenvalue weighted by molar-refractivity contribution is 0.510. The van der Waals surface area contributed by atoms with Crippen LogP contribution in [0.25, 0.3) is 11.0 Å². The maximum atomic E-state index is 6.16. The lowest BCUT2D eigenvalue weighted by atomic mass is 9.98. The molecule has 16 heavy (non-hydrogen) atoms. The zero-order valence-electron chi connectivity index (χ0n) is 10.1. The van der Waals surface area contributed by atoms with Crippen LogP contribution in [0.3, 0.4) is 0 Å². The number of nitrogens with zero attached hydrogens (tertiary/aromatic N) is 1. The second-order valence-corrected chi connectivity index (χ2v) is 4.83. The van der Waals surface area contributed by atoms with Gasteiger partial charge in [-0.3, -0.25) is 0 Å². The highest BCUT2D eigenvalue weighted by Gasteiger charge is 2.09. The molecule has 0 radical (unpaired) electrons. The van der Waals surface area contributed by atoms with Gasteiger partial charge in [-0.15, -0.1) is 0 Å². The fraction of sp³-hybridized carbons (Fsp3) is 0.462. The zero-order valence-corrected chi connectivity index (χ0v) is 10.1. The Kier molecular flexibility index (Phi) is 2.97. The molecule has 0 amide bonds. The van der Waals surface area contributed by atoms with E-state index in [-0.39, 0.29) is 6.04 Å². The van der Waals surface area contributed by atoms with Crippen molar-refractivity contribution in [1.82, 2.24) is 9.97 Å². The van der Waals surface area contributed by atoms with E-state index in [1.54, 1.807) is 0 Å². The van der Waals surface area contributed by atoms with Crippen molar-refractivity contribution in [3.8, 4) is 0 Å². The van der Waals surface area contributed by atoms with E-state index in [4.69, 9.17) is 5.73 Å². The Bertz CT molecular complexity index is 485. The number of fused-ring (bicyclic) bond motifs is 1. The summed E-state index contributed by atoms with van der Waals surface area (Å²) < 4.78 is 0. The van der Waals surface area contributed by atoms with E-state index in [0.29, 0.717) is 5.92 Å². The first-order valence-corrected chi connectivity index (χ1v) is 5.78. The second kappa shape index (κ2) is 4.26. The number of nitrogens with one attached hydrogen (secondary N) is 1. The van der Waals surface area contributed by atoms with Crippen LogP contribution < -0.4 is 5.73 Å². The summed E-state index contributed by atoms with van der Waals surface area (Å²) in [6.45, 7) is 6.35. The Morgan fingerprint density at radius 1 is 1.38 bits per heavy atom. The Morgan fingerprint density at radius 3 is 2.81 bits per heavy atom. The summed E-state index contributed by atoms with van der Waals surface area (Å²) in [6.07, 6.45) is 1.01. The molecule has 1 atom stereocenters. The molecule has 86 valence electrons. The van der Waals surface area contributed by atoms with Gasteiger partial charge in [-0.1, -0.05) is 19.9 Å². The Morgan fingerprint density at radius 2 is 2.12 bits per heavy atom. The average Bonchev–Trinajstić information content (AvgIpc) is 2.55. The number of rotatable bonds is 3. The Labute approximate surface area is 96.1 Å². The smallest absolute Gasteiger partial charge is 0.104 e. The first kappa shape index (κ1) is 11.1. The molecule has 0 bridgehead atoms. The van der Waals surface area contributed by atoms with Gasteiger partial charge >= 0.3 is 0 Å². The van der Waals surface area contributed by atoms with Gasteiger partial charge in [0.05, 0.1) is 11.0 Å². The number of hydrogen-bond donors (Lipinski definition) is 2. The molecule has 3 N–H and O–H groups in total. The summed E-state index contributed by atoms with van der Waals surface area (Å²) in [7, 11) is 0. The second-order valence-electron chi connectivity index (χ2n) is 4.83. The summed E-state index contributed by atoms with van der Waals surface area (Å²) in [4.78, 5) is 7.62. The molecule has 1 aromatic carbocycles. The lowest BCUT2D eigenvalue weighted by Crippen LogP contribution is -2.12. The molecule has 0 aliphatic rings. The highest BCUT2D eigenvalue weighted by molar-refractivity contribution is 5.75. The monoisotopic (exact) mass is 217 g/mol. The minimum absolute atomic E-state index is 0.119. The third-order valence-electron chi connectivity index (χ3n) is 2.78. The van der Waals surface area contributed by atoms with Gasteiger partial charge in [-0.05, 0) is 37.0 Å². The first-order chi connectivity index (χ1) is 7.56. The topological polar surface area (TPSA) is 54.7 Å². The van der Waals surface area contributed by atoms with Crippen molar-refractivity contribution in [1.29, 1.82) is 0 Å². The van der Waals surface area contributed by atoms with Crippen LogP contribution in [-0.4, -0.2) is 9.97 Å². The summed E-state index contributed by atoms with van der Waals surface area (Å²) >= 11 is 0. The number of aryl methyl sites for hydroxylation is 1. The fourth-order valence-corrected chi connectivity index (χ4v) is 2.03. The van der Waals surface area contributed by atoms with Crippen molar-refractivity contribution in [2.24, 2.45) is 11.7 Å². The average molecular weight is 217 g/mol. The van der Waals surface area contributed by atoms with E-state index in [1.807, 2.05) is 13.0 Å². The van der Waals surface area contributed by atoms with Crippen molar-refractivity contribution in [3.05, 3.63) is 29.6 Å². The van der Waals surface area contributed by atoms with Gasteiger partial charge in [0.15, 0.2) is 0 Å². The number of H-pyrrole nitrogens is 1. The molecule has 0 fully saturated rings. The molecule has 0 saturated carbocycles. The van der Waals surface area contributed by atoms with Crippen LogP contribution in [0.1, 0.15) is 37.7 Å². The molecule has 1 unspecified atom stereocenters. The Balaban J connectivity index is 2.31. The van der Waals surface area contributed by atoms with E-state index in [0.717, 1.165) is 23.3 Å². The third kappa shape index (κ3) is 2.25. The van der Waals surface area contributed by atoms with Crippen LogP contribution in [0.15, 0.2) is 18.2 Å². The summed E-state index contributed by atoms with van der Waals surface area (Å²) in [5, 5.41) is 0. The number of imidazole rings is 1. The number of aromatic nitrogens is 2. The zero-order chi connectivity index (χ0) is 11.7. The van der Waals surface area contributed by atoms with Crippen LogP contribution in [0.5, 0.6) is 0 Å². The normalized spacial score (nSPS) is 13.6. The van der Waals surface area contributed by atoms with Gasteiger partial charge in [-0.25, -0.2) is 4.98 Å². The van der Waals surface area contributed by atoms with Gasteiger partial charge in [0.1, 0.15) is 5.82 Å². The van der Waals surface area contributed by atoms with E-state index < -0.39 is 0 Å². The predicted molar refractivity (Wildman–Crippen MR) is 67.2 cm³/mol. The van der Waals surface area contributed by atoms with E-state index in [2.05, 4.69) is 35.9 Å². The molecule has 0 aliphatic heterocycles. The summed E-state index contributed by atoms with van der Waals surface area (Å²) in [5.74, 6) is 1.57. The molecule has 0 saturated heterocycles. The van der Waals surface area contributed by atoms with E-state index in [9.17, 15) is 0 Å². The maximum absolute atomic E-state index is 6.16. The minimum atomic E-state index is 0.119. The predicted octanol–water partition coefficient (Wildman–Crippen LogP) is 2.92. The van der Waals surface area contributed by atoms with E-state index in [1.165, 1.54) is 5.56 Å². The van der Waals surface area contributed by atoms with Gasteiger partial charge in [0.25, 0.3) is 0 Å². The fourth-order valence-electron chi connectivity index (χ4n) is 2.03. The van der Waals surface area contributed by atoms with Gasteiger partial charge in [0, 0.05) is 6.04 Å². The third-order valence-corrected chi connectivity index (χ3v) is 2.78. The van der Waals surface area contributed by atoms with Crippen molar-refractivity contribution >= 4 is 11.0 Å². The van der Waals surface area contributed by atoms with Crippen LogP contribution >= 0.6 is 0 Å². The number of benzene rings is 1.